The summed E-state index contributed by atoms with van der Waals surface area (Å²) in [6.45, 7) is 0. The van der Waals surface area contributed by atoms with Gasteiger partial charge in [-0.25, -0.2) is 13.8 Å². The molecular formula is C12H8F2N2S. The summed E-state index contributed by atoms with van der Waals surface area (Å²) in [5.74, 6) is -1.75. The summed E-state index contributed by atoms with van der Waals surface area (Å²) in [6.07, 6.45) is 0.996. The molecular weight excluding hydrogens is 242 g/mol. The third-order valence-electron chi connectivity index (χ3n) is 2.22. The molecule has 0 spiro atoms. The zero-order chi connectivity index (χ0) is 12.3. The van der Waals surface area contributed by atoms with Gasteiger partial charge in [-0.1, -0.05) is 0 Å². The third-order valence-corrected chi connectivity index (χ3v) is 3.13. The second kappa shape index (κ2) is 5.02. The SMILES string of the molecule is N#CCCc1nc(-c2ccc(F)c(F)c2)cs1. The Bertz CT molecular complexity index is 572. The fourth-order valence-corrected chi connectivity index (χ4v) is 2.18. The smallest absolute Gasteiger partial charge is 0.159 e. The molecule has 0 saturated carbocycles. The number of rotatable bonds is 3. The maximum atomic E-state index is 13.0. The van der Waals surface area contributed by atoms with E-state index in [0.717, 1.165) is 17.1 Å². The van der Waals surface area contributed by atoms with E-state index in [4.69, 9.17) is 5.26 Å². The van der Waals surface area contributed by atoms with Crippen molar-refractivity contribution < 1.29 is 8.78 Å². The molecule has 2 aromatic rings. The molecule has 0 bridgehead atoms. The van der Waals surface area contributed by atoms with Crippen molar-refractivity contribution in [3.63, 3.8) is 0 Å². The third kappa shape index (κ3) is 2.66. The van der Waals surface area contributed by atoms with Gasteiger partial charge in [0.25, 0.3) is 0 Å². The van der Waals surface area contributed by atoms with Gasteiger partial charge < -0.3 is 0 Å². The zero-order valence-electron chi connectivity index (χ0n) is 8.78. The highest BCUT2D eigenvalue weighted by Crippen LogP contribution is 2.24. The van der Waals surface area contributed by atoms with E-state index < -0.39 is 11.6 Å². The molecule has 17 heavy (non-hydrogen) atoms. The van der Waals surface area contributed by atoms with Gasteiger partial charge in [0.15, 0.2) is 11.6 Å². The Hall–Kier alpha value is -1.80. The number of nitrogens with zero attached hydrogens (tertiary/aromatic N) is 2. The predicted octanol–water partition coefficient (Wildman–Crippen LogP) is 3.54. The minimum absolute atomic E-state index is 0.407. The van der Waals surface area contributed by atoms with Gasteiger partial charge in [0, 0.05) is 23.8 Å². The predicted molar refractivity (Wildman–Crippen MR) is 61.4 cm³/mol. The molecule has 2 nitrogen and oxygen atoms in total. The van der Waals surface area contributed by atoms with Gasteiger partial charge in [-0.3, -0.25) is 0 Å². The van der Waals surface area contributed by atoms with Crippen LogP contribution in [0, 0.1) is 23.0 Å². The standard InChI is InChI=1S/C12H8F2N2S/c13-9-4-3-8(6-10(9)14)11-7-17-12(16-11)2-1-5-15/h3-4,6-7H,1-2H2. The molecule has 0 radical (unpaired) electrons. The Labute approximate surface area is 101 Å². The van der Waals surface area contributed by atoms with Crippen LogP contribution in [0.4, 0.5) is 8.78 Å². The number of aromatic nitrogens is 1. The van der Waals surface area contributed by atoms with Crippen LogP contribution in [0.15, 0.2) is 23.6 Å². The van der Waals surface area contributed by atoms with Crippen molar-refractivity contribution in [3.8, 4) is 17.3 Å². The summed E-state index contributed by atoms with van der Waals surface area (Å²) in [5.41, 5.74) is 1.16. The fraction of sp³-hybridized carbons (Fsp3) is 0.167. The van der Waals surface area contributed by atoms with E-state index in [1.165, 1.54) is 17.4 Å². The molecule has 0 aliphatic rings. The molecule has 86 valence electrons. The van der Waals surface area contributed by atoms with E-state index in [2.05, 4.69) is 4.98 Å². The van der Waals surface area contributed by atoms with E-state index in [9.17, 15) is 8.78 Å². The summed E-state index contributed by atoms with van der Waals surface area (Å²) >= 11 is 1.42. The molecule has 1 heterocycles. The van der Waals surface area contributed by atoms with E-state index >= 15 is 0 Å². The Balaban J connectivity index is 2.25. The minimum Gasteiger partial charge on any atom is -0.241 e. The van der Waals surface area contributed by atoms with E-state index in [1.54, 1.807) is 5.38 Å². The average Bonchev–Trinajstić information content (AvgIpc) is 2.79. The Morgan fingerprint density at radius 2 is 2.12 bits per heavy atom. The number of hydrogen-bond donors (Lipinski definition) is 0. The van der Waals surface area contributed by atoms with Crippen LogP contribution in [0.2, 0.25) is 0 Å². The first-order chi connectivity index (χ1) is 8.20. The molecule has 1 aromatic carbocycles. The van der Waals surface area contributed by atoms with Gasteiger partial charge in [0.2, 0.25) is 0 Å². The molecule has 0 saturated heterocycles. The first kappa shape index (κ1) is 11.7. The van der Waals surface area contributed by atoms with Crippen LogP contribution in [-0.2, 0) is 6.42 Å². The second-order valence-corrected chi connectivity index (χ2v) is 4.36. The van der Waals surface area contributed by atoms with E-state index in [1.807, 2.05) is 6.07 Å². The lowest BCUT2D eigenvalue weighted by molar-refractivity contribution is 0.509. The molecule has 0 unspecified atom stereocenters. The fourth-order valence-electron chi connectivity index (χ4n) is 1.38. The first-order valence-electron chi connectivity index (χ1n) is 4.97. The van der Waals surface area contributed by atoms with Crippen molar-refractivity contribution in [2.24, 2.45) is 0 Å². The Morgan fingerprint density at radius 3 is 2.82 bits per heavy atom. The summed E-state index contributed by atoms with van der Waals surface area (Å²) in [4.78, 5) is 4.27. The van der Waals surface area contributed by atoms with Crippen molar-refractivity contribution in [2.45, 2.75) is 12.8 Å². The minimum atomic E-state index is -0.880. The number of thiazole rings is 1. The molecule has 5 heteroatoms. The summed E-state index contributed by atoms with van der Waals surface area (Å²) in [7, 11) is 0. The lowest BCUT2D eigenvalue weighted by Gasteiger charge is -1.97. The highest BCUT2D eigenvalue weighted by Gasteiger charge is 2.08. The van der Waals surface area contributed by atoms with Crippen molar-refractivity contribution in [2.75, 3.05) is 0 Å². The van der Waals surface area contributed by atoms with Crippen LogP contribution in [0.1, 0.15) is 11.4 Å². The number of hydrogen-bond acceptors (Lipinski definition) is 3. The summed E-state index contributed by atoms with van der Waals surface area (Å²) in [5, 5.41) is 11.1. The second-order valence-electron chi connectivity index (χ2n) is 3.41. The van der Waals surface area contributed by atoms with Crippen LogP contribution in [0.25, 0.3) is 11.3 Å². The average molecular weight is 250 g/mol. The maximum absolute atomic E-state index is 13.0. The van der Waals surface area contributed by atoms with Crippen LogP contribution < -0.4 is 0 Å². The number of benzene rings is 1. The first-order valence-corrected chi connectivity index (χ1v) is 5.85. The largest absolute Gasteiger partial charge is 0.241 e. The normalized spacial score (nSPS) is 10.2. The summed E-state index contributed by atoms with van der Waals surface area (Å²) in [6, 6.07) is 5.73. The van der Waals surface area contributed by atoms with Crippen LogP contribution in [0.3, 0.4) is 0 Å². The van der Waals surface area contributed by atoms with Crippen LogP contribution in [-0.4, -0.2) is 4.98 Å². The van der Waals surface area contributed by atoms with Gasteiger partial charge >= 0.3 is 0 Å². The number of halogens is 2. The van der Waals surface area contributed by atoms with Gasteiger partial charge in [-0.05, 0) is 18.2 Å². The number of aryl methyl sites for hydroxylation is 1. The highest BCUT2D eigenvalue weighted by molar-refractivity contribution is 7.09. The Kier molecular flexibility index (Phi) is 3.45. The van der Waals surface area contributed by atoms with Gasteiger partial charge in [-0.15, -0.1) is 11.3 Å². The van der Waals surface area contributed by atoms with E-state index in [0.29, 0.717) is 24.1 Å². The number of nitriles is 1. The monoisotopic (exact) mass is 250 g/mol. The molecule has 0 aliphatic carbocycles. The Morgan fingerprint density at radius 1 is 1.29 bits per heavy atom. The lowest BCUT2D eigenvalue weighted by Crippen LogP contribution is -1.87. The van der Waals surface area contributed by atoms with Gasteiger partial charge in [0.05, 0.1) is 16.8 Å². The van der Waals surface area contributed by atoms with Crippen molar-refractivity contribution in [1.82, 2.24) is 4.98 Å². The maximum Gasteiger partial charge on any atom is 0.159 e. The molecule has 0 N–H and O–H groups in total. The van der Waals surface area contributed by atoms with Crippen molar-refractivity contribution in [3.05, 3.63) is 40.2 Å². The zero-order valence-corrected chi connectivity index (χ0v) is 9.60. The van der Waals surface area contributed by atoms with Gasteiger partial charge in [-0.2, -0.15) is 5.26 Å². The van der Waals surface area contributed by atoms with Crippen LogP contribution in [0.5, 0.6) is 0 Å². The van der Waals surface area contributed by atoms with Gasteiger partial charge in [0.1, 0.15) is 0 Å². The molecule has 0 amide bonds. The molecule has 0 fully saturated rings. The van der Waals surface area contributed by atoms with E-state index in [-0.39, 0.29) is 0 Å². The lowest BCUT2D eigenvalue weighted by atomic mass is 10.1. The quantitative estimate of drug-likeness (QED) is 0.835. The van der Waals surface area contributed by atoms with Crippen molar-refractivity contribution in [1.29, 1.82) is 5.26 Å². The summed E-state index contributed by atoms with van der Waals surface area (Å²) < 4.78 is 25.8. The van der Waals surface area contributed by atoms with Crippen LogP contribution >= 0.6 is 11.3 Å². The highest BCUT2D eigenvalue weighted by atomic mass is 32.1. The topological polar surface area (TPSA) is 36.7 Å². The molecule has 0 atom stereocenters. The molecule has 1 aromatic heterocycles. The molecule has 0 aliphatic heterocycles. The molecule has 2 rings (SSSR count). The van der Waals surface area contributed by atoms with Crippen molar-refractivity contribution >= 4 is 11.3 Å².